The van der Waals surface area contributed by atoms with Gasteiger partial charge in [-0.05, 0) is 36.5 Å². The molecule has 0 spiro atoms. The fourth-order valence-electron chi connectivity index (χ4n) is 6.14. The zero-order valence-corrected chi connectivity index (χ0v) is 36.1. The van der Waals surface area contributed by atoms with E-state index in [1.54, 1.807) is 13.8 Å². The Kier molecular flexibility index (Phi) is 21.7. The van der Waals surface area contributed by atoms with Crippen LogP contribution in [0.2, 0.25) is 0 Å². The van der Waals surface area contributed by atoms with E-state index in [9.17, 15) is 67.7 Å². The maximum atomic E-state index is 13.9. The molecule has 0 saturated carbocycles. The lowest BCUT2D eigenvalue weighted by Gasteiger charge is -2.29. The molecule has 1 aliphatic rings. The first-order chi connectivity index (χ1) is 30.5. The first-order valence-corrected chi connectivity index (χ1v) is 20.4. The molecule has 7 atom stereocenters. The van der Waals surface area contributed by atoms with Crippen molar-refractivity contribution in [3.8, 4) is 5.75 Å². The molecule has 12 amide bonds. The van der Waals surface area contributed by atoms with Gasteiger partial charge in [0.1, 0.15) is 42.0 Å². The lowest BCUT2D eigenvalue weighted by molar-refractivity contribution is -0.140. The molecule has 26 heteroatoms. The van der Waals surface area contributed by atoms with Gasteiger partial charge in [0.15, 0.2) is 0 Å². The third-order valence-electron chi connectivity index (χ3n) is 9.92. The van der Waals surface area contributed by atoms with Gasteiger partial charge in [-0.3, -0.25) is 57.5 Å². The Morgan fingerprint density at radius 2 is 1.42 bits per heavy atom. The highest BCUT2D eigenvalue weighted by molar-refractivity contribution is 5.99. The number of carbonyl (C=O) groups excluding carboxylic acids is 12. The molecule has 1 fully saturated rings. The van der Waals surface area contributed by atoms with Gasteiger partial charge in [-0.2, -0.15) is 0 Å². The highest BCUT2D eigenvalue weighted by Gasteiger charge is 2.36. The molecule has 358 valence electrons. The Morgan fingerprint density at radius 3 is 2.00 bits per heavy atom. The normalized spacial score (nSPS) is 21.3. The molecule has 1 heterocycles. The molecule has 7 unspecified atom stereocenters. The maximum Gasteiger partial charge on any atom is 0.245 e. The van der Waals surface area contributed by atoms with E-state index in [0.717, 1.165) is 11.9 Å². The number of nitrogens with two attached hydrogens (primary N) is 3. The van der Waals surface area contributed by atoms with E-state index < -0.39 is 171 Å². The summed E-state index contributed by atoms with van der Waals surface area (Å²) in [6.45, 7) is 0.268. The van der Waals surface area contributed by atoms with Crippen molar-refractivity contribution in [1.82, 2.24) is 47.4 Å². The molecule has 65 heavy (non-hydrogen) atoms. The summed E-state index contributed by atoms with van der Waals surface area (Å²) < 4.78 is 0. The van der Waals surface area contributed by atoms with Gasteiger partial charge in [0, 0.05) is 26.3 Å². The van der Waals surface area contributed by atoms with Gasteiger partial charge in [0.2, 0.25) is 70.9 Å². The fourth-order valence-corrected chi connectivity index (χ4v) is 6.14. The zero-order valence-electron chi connectivity index (χ0n) is 36.1. The van der Waals surface area contributed by atoms with Gasteiger partial charge < -0.3 is 74.8 Å². The number of nitrogens with zero attached hydrogens (tertiary/aromatic N) is 1. The van der Waals surface area contributed by atoms with Crippen molar-refractivity contribution in [2.45, 2.75) is 95.0 Å². The Labute approximate surface area is 372 Å². The quantitative estimate of drug-likeness (QED) is 0.0691. The zero-order chi connectivity index (χ0) is 49.0. The molecule has 26 nitrogen and oxygen atoms in total. The maximum absolute atomic E-state index is 13.9. The number of hydrogen-bond acceptors (Lipinski definition) is 14. The summed E-state index contributed by atoms with van der Waals surface area (Å²) in [4.78, 5) is 157. The molecular formula is C39H58N12O14. The Morgan fingerprint density at radius 1 is 0.800 bits per heavy atom. The Bertz CT molecular complexity index is 1950. The van der Waals surface area contributed by atoms with E-state index in [1.807, 2.05) is 0 Å². The third-order valence-corrected chi connectivity index (χ3v) is 9.92. The lowest BCUT2D eigenvalue weighted by Crippen LogP contribution is -2.61. The number of carbonyl (C=O) groups is 12. The number of primary amides is 3. The second kappa shape index (κ2) is 26.3. The third kappa shape index (κ3) is 18.9. The van der Waals surface area contributed by atoms with Crippen LogP contribution in [0.3, 0.4) is 0 Å². The van der Waals surface area contributed by atoms with Crippen LogP contribution in [0.25, 0.3) is 0 Å². The van der Waals surface area contributed by atoms with Gasteiger partial charge in [0.25, 0.3) is 0 Å². The predicted octanol–water partition coefficient (Wildman–Crippen LogP) is -7.01. The highest BCUT2D eigenvalue weighted by Crippen LogP contribution is 2.14. The largest absolute Gasteiger partial charge is 0.508 e. The molecule has 1 aromatic rings. The van der Waals surface area contributed by atoms with E-state index >= 15 is 0 Å². The molecule has 0 aliphatic carbocycles. The van der Waals surface area contributed by atoms with Crippen LogP contribution in [0.5, 0.6) is 5.75 Å². The SMILES string of the molecule is CCC(C)C1NC(=O)C(Cc2ccc(O)cc2)NC(=O)CNC(=O)CCC(C(=O)N(C)CC(=O)NC(CO)C(=O)NCC(N)=O)NC(=O)C(CC(N)=O)NC(=O)C(CCC(N)=O)NC1=O. The number of benzene rings is 1. The molecule has 0 radical (unpaired) electrons. The van der Waals surface area contributed by atoms with Gasteiger partial charge in [-0.25, -0.2) is 0 Å². The van der Waals surface area contributed by atoms with Gasteiger partial charge >= 0.3 is 0 Å². The average Bonchev–Trinajstić information content (AvgIpc) is 3.24. The number of amides is 12. The van der Waals surface area contributed by atoms with Crippen molar-refractivity contribution >= 4 is 70.9 Å². The summed E-state index contributed by atoms with van der Waals surface area (Å²) in [5, 5.41) is 38.1. The van der Waals surface area contributed by atoms with Crippen LogP contribution in [0.15, 0.2) is 24.3 Å². The van der Waals surface area contributed by atoms with Crippen molar-refractivity contribution < 1.29 is 67.7 Å². The number of phenols is 1. The van der Waals surface area contributed by atoms with Crippen molar-refractivity contribution in [2.24, 2.45) is 23.1 Å². The molecule has 1 saturated heterocycles. The van der Waals surface area contributed by atoms with Gasteiger partial charge in [0.05, 0.1) is 32.7 Å². The number of nitrogens with one attached hydrogen (secondary N) is 8. The summed E-state index contributed by atoms with van der Waals surface area (Å²) in [6, 6.07) is -3.85. The monoisotopic (exact) mass is 918 g/mol. The van der Waals surface area contributed by atoms with Gasteiger partial charge in [-0.15, -0.1) is 0 Å². The minimum absolute atomic E-state index is 0.0805. The van der Waals surface area contributed by atoms with Crippen molar-refractivity contribution in [3.05, 3.63) is 29.8 Å². The number of hydrogen-bond donors (Lipinski definition) is 13. The van der Waals surface area contributed by atoms with E-state index in [2.05, 4.69) is 42.5 Å². The number of rotatable bonds is 17. The van der Waals surface area contributed by atoms with Crippen LogP contribution in [0, 0.1) is 5.92 Å². The van der Waals surface area contributed by atoms with E-state index in [1.165, 1.54) is 24.3 Å². The minimum atomic E-state index is -1.85. The average molecular weight is 919 g/mol. The molecule has 1 aromatic carbocycles. The summed E-state index contributed by atoms with van der Waals surface area (Å²) in [7, 11) is 1.10. The van der Waals surface area contributed by atoms with Crippen LogP contribution in [0.1, 0.15) is 57.9 Å². The minimum Gasteiger partial charge on any atom is -0.508 e. The van der Waals surface area contributed by atoms with Crippen molar-refractivity contribution in [1.29, 1.82) is 0 Å². The number of aromatic hydroxyl groups is 1. The standard InChI is InChI=1S/C39H58N12O14/c1-4-19(2)33-38(64)47-22(9-11-27(40)54)35(61)49-25(14-28(41)55)36(62)48-23(39(65)51(3)17-32(59)46-26(18-52)34(60)44-15-29(42)56)10-12-30(57)43-16-31(58)45-24(37(63)50-33)13-20-5-7-21(53)8-6-20/h5-8,19,22-26,33,52-53H,4,9-18H2,1-3H3,(H2,40,54)(H2,41,55)(H2,42,56)(H,43,57)(H,44,60)(H,45,58)(H,46,59)(H,47,64)(H,48,62)(H,49,61)(H,50,63). The van der Waals surface area contributed by atoms with Crippen molar-refractivity contribution in [3.63, 3.8) is 0 Å². The van der Waals surface area contributed by atoms with Gasteiger partial charge in [-0.1, -0.05) is 32.4 Å². The fraction of sp³-hybridized carbons (Fsp3) is 0.538. The van der Waals surface area contributed by atoms with Crippen LogP contribution in [-0.2, 0) is 64.0 Å². The topological polar surface area (TPSA) is 423 Å². The van der Waals surface area contributed by atoms with Crippen LogP contribution in [-0.4, -0.2) is 156 Å². The second-order valence-corrected chi connectivity index (χ2v) is 15.2. The van der Waals surface area contributed by atoms with Crippen LogP contribution >= 0.6 is 0 Å². The molecular weight excluding hydrogens is 860 g/mol. The molecule has 16 N–H and O–H groups in total. The smallest absolute Gasteiger partial charge is 0.245 e. The first kappa shape index (κ1) is 53.8. The molecule has 0 aromatic heterocycles. The van der Waals surface area contributed by atoms with E-state index in [0.29, 0.717) is 12.0 Å². The number of aliphatic hydroxyl groups excluding tert-OH is 1. The summed E-state index contributed by atoms with van der Waals surface area (Å²) >= 11 is 0. The molecule has 0 bridgehead atoms. The molecule has 2 rings (SSSR count). The van der Waals surface area contributed by atoms with Crippen LogP contribution in [0.4, 0.5) is 0 Å². The number of likely N-dealkylation sites (N-methyl/N-ethyl adjacent to an activating group) is 1. The summed E-state index contributed by atoms with van der Waals surface area (Å²) in [5.41, 5.74) is 16.2. The van der Waals surface area contributed by atoms with E-state index in [4.69, 9.17) is 17.2 Å². The summed E-state index contributed by atoms with van der Waals surface area (Å²) in [6.07, 6.45) is -2.75. The number of phenolic OH excluding ortho intramolecular Hbond substituents is 1. The molecule has 1 aliphatic heterocycles. The van der Waals surface area contributed by atoms with Crippen LogP contribution < -0.4 is 59.7 Å². The van der Waals surface area contributed by atoms with Crippen molar-refractivity contribution in [2.75, 3.05) is 33.3 Å². The predicted molar refractivity (Wildman–Crippen MR) is 224 cm³/mol. The number of aliphatic hydroxyl groups is 1. The second-order valence-electron chi connectivity index (χ2n) is 15.2. The Balaban J connectivity index is 2.58. The Hall–Kier alpha value is -7.38. The van der Waals surface area contributed by atoms with E-state index in [-0.39, 0.29) is 12.2 Å². The summed E-state index contributed by atoms with van der Waals surface area (Å²) in [5.74, 6) is -12.5. The highest BCUT2D eigenvalue weighted by atomic mass is 16.3. The lowest BCUT2D eigenvalue weighted by atomic mass is 9.96. The first-order valence-electron chi connectivity index (χ1n) is 20.4.